The number of amides is 3. The summed E-state index contributed by atoms with van der Waals surface area (Å²) in [6, 6.07) is 10.0. The van der Waals surface area contributed by atoms with Gasteiger partial charge in [-0.1, -0.05) is 30.3 Å². The molecule has 0 radical (unpaired) electrons. The third kappa shape index (κ3) is 4.83. The first-order valence-electron chi connectivity index (χ1n) is 9.49. The predicted octanol–water partition coefficient (Wildman–Crippen LogP) is 1.96. The Labute approximate surface area is 155 Å². The lowest BCUT2D eigenvalue weighted by Crippen LogP contribution is -2.62. The highest BCUT2D eigenvalue weighted by Crippen LogP contribution is 2.24. The van der Waals surface area contributed by atoms with Gasteiger partial charge in [-0.05, 0) is 39.2 Å². The molecule has 1 unspecified atom stereocenters. The number of nitrogens with zero attached hydrogens (tertiary/aromatic N) is 2. The van der Waals surface area contributed by atoms with Crippen molar-refractivity contribution in [3.8, 4) is 0 Å². The number of piperazine rings is 1. The number of carbonyl (C=O) groups excluding carboxylic acids is 2. The van der Waals surface area contributed by atoms with Gasteiger partial charge in [-0.15, -0.1) is 0 Å². The normalized spacial score (nSPS) is 21.8. The summed E-state index contributed by atoms with van der Waals surface area (Å²) in [4.78, 5) is 28.8. The number of urea groups is 1. The molecular weight excluding hydrogens is 328 g/mol. The highest BCUT2D eigenvalue weighted by Gasteiger charge is 2.37. The van der Waals surface area contributed by atoms with Crippen molar-refractivity contribution in [2.45, 2.75) is 57.8 Å². The Morgan fingerprint density at radius 3 is 2.50 bits per heavy atom. The van der Waals surface area contributed by atoms with Crippen LogP contribution in [-0.2, 0) is 11.3 Å². The summed E-state index contributed by atoms with van der Waals surface area (Å²) < 4.78 is 0. The zero-order valence-electron chi connectivity index (χ0n) is 16.0. The van der Waals surface area contributed by atoms with Crippen molar-refractivity contribution in [2.75, 3.05) is 19.6 Å². The number of hydrogen-bond acceptors (Lipinski definition) is 4. The first-order valence-corrected chi connectivity index (χ1v) is 9.49. The molecule has 1 aliphatic heterocycles. The summed E-state index contributed by atoms with van der Waals surface area (Å²) in [5, 5.41) is 5.28. The number of imide groups is 1. The monoisotopic (exact) mass is 358 g/mol. The van der Waals surface area contributed by atoms with Gasteiger partial charge in [0.25, 0.3) is 0 Å². The molecule has 6 nitrogen and oxygen atoms in total. The fourth-order valence-electron chi connectivity index (χ4n) is 3.49. The van der Waals surface area contributed by atoms with Gasteiger partial charge in [0, 0.05) is 37.8 Å². The lowest BCUT2D eigenvalue weighted by Gasteiger charge is -2.48. The molecule has 1 atom stereocenters. The Morgan fingerprint density at radius 1 is 1.19 bits per heavy atom. The van der Waals surface area contributed by atoms with Crippen LogP contribution >= 0.6 is 0 Å². The van der Waals surface area contributed by atoms with Crippen LogP contribution in [0.4, 0.5) is 4.79 Å². The lowest BCUT2D eigenvalue weighted by molar-refractivity contribution is -0.126. The molecule has 142 valence electrons. The number of rotatable bonds is 5. The lowest BCUT2D eigenvalue weighted by atomic mass is 9.96. The SMILES string of the molecule is CC(C(=O)NC(=O)NC1CC1)N1CCN(Cc2ccccc2)C(C)(C)C1. The largest absolute Gasteiger partial charge is 0.335 e. The van der Waals surface area contributed by atoms with E-state index in [0.717, 1.165) is 39.0 Å². The summed E-state index contributed by atoms with van der Waals surface area (Å²) in [6.07, 6.45) is 2.02. The second-order valence-electron chi connectivity index (χ2n) is 8.10. The van der Waals surface area contributed by atoms with E-state index < -0.39 is 0 Å². The minimum Gasteiger partial charge on any atom is -0.335 e. The molecule has 6 heteroatoms. The fourth-order valence-corrected chi connectivity index (χ4v) is 3.49. The predicted molar refractivity (Wildman–Crippen MR) is 102 cm³/mol. The molecule has 2 aliphatic rings. The van der Waals surface area contributed by atoms with Gasteiger partial charge in [-0.25, -0.2) is 4.79 Å². The molecule has 3 rings (SSSR count). The number of hydrogen-bond donors (Lipinski definition) is 2. The second-order valence-corrected chi connectivity index (χ2v) is 8.10. The van der Waals surface area contributed by atoms with Crippen molar-refractivity contribution < 1.29 is 9.59 Å². The molecule has 1 saturated heterocycles. The third-order valence-electron chi connectivity index (χ3n) is 5.40. The van der Waals surface area contributed by atoms with Gasteiger partial charge < -0.3 is 5.32 Å². The number of nitrogens with one attached hydrogen (secondary N) is 2. The van der Waals surface area contributed by atoms with Crippen molar-refractivity contribution >= 4 is 11.9 Å². The van der Waals surface area contributed by atoms with E-state index in [9.17, 15) is 9.59 Å². The summed E-state index contributed by atoms with van der Waals surface area (Å²) >= 11 is 0. The molecule has 2 fully saturated rings. The highest BCUT2D eigenvalue weighted by molar-refractivity contribution is 5.97. The molecule has 26 heavy (non-hydrogen) atoms. The van der Waals surface area contributed by atoms with E-state index in [1.54, 1.807) is 0 Å². The molecule has 1 saturated carbocycles. The van der Waals surface area contributed by atoms with Crippen LogP contribution in [0.2, 0.25) is 0 Å². The van der Waals surface area contributed by atoms with Crippen LogP contribution in [0.15, 0.2) is 30.3 Å². The Balaban J connectivity index is 1.53. The first-order chi connectivity index (χ1) is 12.3. The van der Waals surface area contributed by atoms with E-state index in [1.165, 1.54) is 5.56 Å². The molecular formula is C20H30N4O2. The van der Waals surface area contributed by atoms with Gasteiger partial charge in [0.2, 0.25) is 5.91 Å². The Bertz CT molecular complexity index is 642. The Morgan fingerprint density at radius 2 is 1.88 bits per heavy atom. The van der Waals surface area contributed by atoms with Crippen molar-refractivity contribution in [1.82, 2.24) is 20.4 Å². The molecule has 1 heterocycles. The van der Waals surface area contributed by atoms with Gasteiger partial charge in [0.1, 0.15) is 0 Å². The van der Waals surface area contributed by atoms with Gasteiger partial charge in [-0.3, -0.25) is 19.9 Å². The second kappa shape index (κ2) is 7.76. The fraction of sp³-hybridized carbons (Fsp3) is 0.600. The molecule has 0 aromatic heterocycles. The molecule has 0 spiro atoms. The number of benzene rings is 1. The van der Waals surface area contributed by atoms with Crippen LogP contribution in [0.3, 0.4) is 0 Å². The van der Waals surface area contributed by atoms with Crippen molar-refractivity contribution in [1.29, 1.82) is 0 Å². The molecule has 1 aliphatic carbocycles. The van der Waals surface area contributed by atoms with Crippen LogP contribution in [0, 0.1) is 0 Å². The molecule has 1 aromatic rings. The smallest absolute Gasteiger partial charge is 0.321 e. The third-order valence-corrected chi connectivity index (χ3v) is 5.40. The van der Waals surface area contributed by atoms with E-state index in [4.69, 9.17) is 0 Å². The van der Waals surface area contributed by atoms with E-state index in [0.29, 0.717) is 0 Å². The van der Waals surface area contributed by atoms with Crippen LogP contribution in [0.5, 0.6) is 0 Å². The maximum atomic E-state index is 12.4. The molecule has 3 amide bonds. The quantitative estimate of drug-likeness (QED) is 0.845. The minimum absolute atomic E-state index is 0.0428. The van der Waals surface area contributed by atoms with Crippen LogP contribution in [0.1, 0.15) is 39.2 Å². The van der Waals surface area contributed by atoms with E-state index in [1.807, 2.05) is 13.0 Å². The summed E-state index contributed by atoms with van der Waals surface area (Å²) in [5.41, 5.74) is 1.26. The summed E-state index contributed by atoms with van der Waals surface area (Å²) in [7, 11) is 0. The zero-order chi connectivity index (χ0) is 18.7. The van der Waals surface area contributed by atoms with Crippen LogP contribution < -0.4 is 10.6 Å². The summed E-state index contributed by atoms with van der Waals surface area (Å²) in [5.74, 6) is -0.226. The van der Waals surface area contributed by atoms with Crippen LogP contribution in [0.25, 0.3) is 0 Å². The molecule has 1 aromatic carbocycles. The molecule has 2 N–H and O–H groups in total. The van der Waals surface area contributed by atoms with Gasteiger partial charge in [-0.2, -0.15) is 0 Å². The zero-order valence-corrected chi connectivity index (χ0v) is 16.0. The van der Waals surface area contributed by atoms with Gasteiger partial charge in [0.05, 0.1) is 6.04 Å². The van der Waals surface area contributed by atoms with Crippen molar-refractivity contribution in [3.05, 3.63) is 35.9 Å². The minimum atomic E-state index is -0.369. The van der Waals surface area contributed by atoms with E-state index >= 15 is 0 Å². The summed E-state index contributed by atoms with van der Waals surface area (Å²) in [6.45, 7) is 9.72. The van der Waals surface area contributed by atoms with Crippen molar-refractivity contribution in [2.24, 2.45) is 0 Å². The highest BCUT2D eigenvalue weighted by atomic mass is 16.2. The van der Waals surface area contributed by atoms with Crippen molar-refractivity contribution in [3.63, 3.8) is 0 Å². The average molecular weight is 358 g/mol. The topological polar surface area (TPSA) is 64.7 Å². The average Bonchev–Trinajstić information content (AvgIpc) is 3.40. The Kier molecular flexibility index (Phi) is 5.63. The van der Waals surface area contributed by atoms with E-state index in [2.05, 4.69) is 58.5 Å². The van der Waals surface area contributed by atoms with Gasteiger partial charge >= 0.3 is 6.03 Å². The Hall–Kier alpha value is -1.92. The maximum absolute atomic E-state index is 12.4. The number of carbonyl (C=O) groups is 2. The van der Waals surface area contributed by atoms with Gasteiger partial charge in [0.15, 0.2) is 0 Å². The van der Waals surface area contributed by atoms with Crippen LogP contribution in [-0.4, -0.2) is 59.0 Å². The van der Waals surface area contributed by atoms with E-state index in [-0.39, 0.29) is 29.6 Å². The molecule has 0 bridgehead atoms. The standard InChI is InChI=1S/C20H30N4O2/c1-15(18(25)22-19(26)21-17-9-10-17)23-11-12-24(20(2,3)14-23)13-16-7-5-4-6-8-16/h4-8,15,17H,9-14H2,1-3H3,(H2,21,22,25,26). The maximum Gasteiger partial charge on any atom is 0.321 e. The first kappa shape index (κ1) is 18.9.